The molecule has 4 heteroatoms. The molecule has 0 saturated carbocycles. The molecule has 0 spiro atoms. The van der Waals surface area contributed by atoms with Crippen LogP contribution < -0.4 is 10.6 Å². The van der Waals surface area contributed by atoms with Crippen LogP contribution in [0.1, 0.15) is 24.0 Å². The normalized spacial score (nSPS) is 10.3. The van der Waals surface area contributed by atoms with Gasteiger partial charge in [-0.1, -0.05) is 12.1 Å². The maximum Gasteiger partial charge on any atom is 0.220 e. The third-order valence-electron chi connectivity index (χ3n) is 2.54. The van der Waals surface area contributed by atoms with Crippen molar-refractivity contribution in [2.24, 2.45) is 0 Å². The topological polar surface area (TPSA) is 41.1 Å². The van der Waals surface area contributed by atoms with Crippen molar-refractivity contribution in [3.8, 4) is 0 Å². The summed E-state index contributed by atoms with van der Waals surface area (Å²) in [6.45, 7) is 3.01. The number of nitrogens with one attached hydrogen (secondary N) is 2. The van der Waals surface area contributed by atoms with Crippen molar-refractivity contribution < 1.29 is 9.18 Å². The lowest BCUT2D eigenvalue weighted by molar-refractivity contribution is -0.121. The van der Waals surface area contributed by atoms with Crippen LogP contribution in [0.15, 0.2) is 18.2 Å². The van der Waals surface area contributed by atoms with Gasteiger partial charge >= 0.3 is 0 Å². The Bertz CT molecular complexity index is 380. The summed E-state index contributed by atoms with van der Waals surface area (Å²) < 4.78 is 13.0. The van der Waals surface area contributed by atoms with Gasteiger partial charge in [0.25, 0.3) is 0 Å². The maximum absolute atomic E-state index is 13.0. The number of rotatable bonds is 6. The molecule has 0 saturated heterocycles. The van der Waals surface area contributed by atoms with Crippen molar-refractivity contribution in [3.05, 3.63) is 35.1 Å². The van der Waals surface area contributed by atoms with E-state index >= 15 is 0 Å². The molecule has 0 aliphatic rings. The fourth-order valence-electron chi connectivity index (χ4n) is 1.53. The van der Waals surface area contributed by atoms with E-state index < -0.39 is 0 Å². The van der Waals surface area contributed by atoms with Crippen molar-refractivity contribution in [1.29, 1.82) is 0 Å². The van der Waals surface area contributed by atoms with E-state index in [-0.39, 0.29) is 11.7 Å². The van der Waals surface area contributed by atoms with Crippen LogP contribution in [0.4, 0.5) is 4.39 Å². The van der Waals surface area contributed by atoms with E-state index in [9.17, 15) is 9.18 Å². The van der Waals surface area contributed by atoms with Gasteiger partial charge in [0.15, 0.2) is 0 Å². The van der Waals surface area contributed by atoms with Crippen LogP contribution in [0.3, 0.4) is 0 Å². The maximum atomic E-state index is 13.0. The van der Waals surface area contributed by atoms with Gasteiger partial charge in [0.1, 0.15) is 5.82 Å². The lowest BCUT2D eigenvalue weighted by atomic mass is 10.1. The van der Waals surface area contributed by atoms with Crippen molar-refractivity contribution in [2.75, 3.05) is 13.6 Å². The van der Waals surface area contributed by atoms with Crippen LogP contribution in [-0.2, 0) is 11.3 Å². The summed E-state index contributed by atoms with van der Waals surface area (Å²) in [5.74, 6) is -0.184. The van der Waals surface area contributed by atoms with Crippen LogP contribution >= 0.6 is 0 Å². The summed E-state index contributed by atoms with van der Waals surface area (Å²) >= 11 is 0. The van der Waals surface area contributed by atoms with Crippen LogP contribution in [0.5, 0.6) is 0 Å². The third kappa shape index (κ3) is 4.95. The Morgan fingerprint density at radius 3 is 2.82 bits per heavy atom. The fraction of sp³-hybridized carbons (Fsp3) is 0.462. The summed E-state index contributed by atoms with van der Waals surface area (Å²) in [6, 6.07) is 4.87. The van der Waals surface area contributed by atoms with E-state index in [4.69, 9.17) is 0 Å². The second-order valence-electron chi connectivity index (χ2n) is 4.07. The molecule has 0 aliphatic carbocycles. The zero-order valence-corrected chi connectivity index (χ0v) is 10.3. The fourth-order valence-corrected chi connectivity index (χ4v) is 1.53. The Kier molecular flexibility index (Phi) is 5.63. The van der Waals surface area contributed by atoms with E-state index in [0.717, 1.165) is 18.5 Å². The molecule has 2 N–H and O–H groups in total. The molecule has 0 aromatic heterocycles. The molecule has 3 nitrogen and oxygen atoms in total. The molecule has 1 aromatic rings. The van der Waals surface area contributed by atoms with Crippen LogP contribution in [0.25, 0.3) is 0 Å². The second kappa shape index (κ2) is 7.01. The molecule has 0 atom stereocenters. The Morgan fingerprint density at radius 2 is 2.18 bits per heavy atom. The van der Waals surface area contributed by atoms with Gasteiger partial charge in [0.05, 0.1) is 0 Å². The van der Waals surface area contributed by atoms with Gasteiger partial charge in [-0.25, -0.2) is 4.39 Å². The SMILES string of the molecule is CNCCCC(=O)NCc1ccc(F)c(C)c1. The number of aryl methyl sites for hydroxylation is 1. The zero-order valence-electron chi connectivity index (χ0n) is 10.3. The predicted octanol–water partition coefficient (Wildman–Crippen LogP) is 1.75. The van der Waals surface area contributed by atoms with E-state index in [2.05, 4.69) is 10.6 Å². The van der Waals surface area contributed by atoms with Gasteiger partial charge in [-0.3, -0.25) is 4.79 Å². The second-order valence-corrected chi connectivity index (χ2v) is 4.07. The Morgan fingerprint density at radius 1 is 1.41 bits per heavy atom. The van der Waals surface area contributed by atoms with Crippen molar-refractivity contribution in [2.45, 2.75) is 26.3 Å². The average Bonchev–Trinajstić information content (AvgIpc) is 2.31. The number of carbonyl (C=O) groups excluding carboxylic acids is 1. The number of halogens is 1. The molecule has 0 unspecified atom stereocenters. The quantitative estimate of drug-likeness (QED) is 0.741. The van der Waals surface area contributed by atoms with E-state index in [1.54, 1.807) is 19.1 Å². The van der Waals surface area contributed by atoms with Crippen LogP contribution in [0.2, 0.25) is 0 Å². The van der Waals surface area contributed by atoms with Gasteiger partial charge in [0, 0.05) is 13.0 Å². The number of carbonyl (C=O) groups is 1. The molecule has 0 bridgehead atoms. The van der Waals surface area contributed by atoms with Gasteiger partial charge < -0.3 is 10.6 Å². The minimum atomic E-state index is -0.214. The lowest BCUT2D eigenvalue weighted by Gasteiger charge is -2.06. The Balaban J connectivity index is 2.34. The summed E-state index contributed by atoms with van der Waals surface area (Å²) in [4.78, 5) is 11.4. The smallest absolute Gasteiger partial charge is 0.220 e. The van der Waals surface area contributed by atoms with Gasteiger partial charge in [-0.15, -0.1) is 0 Å². The van der Waals surface area contributed by atoms with Crippen molar-refractivity contribution in [1.82, 2.24) is 10.6 Å². The van der Waals surface area contributed by atoms with E-state index in [0.29, 0.717) is 18.5 Å². The molecule has 0 radical (unpaired) electrons. The first-order valence-corrected chi connectivity index (χ1v) is 5.80. The molecular weight excluding hydrogens is 219 g/mol. The Labute approximate surface area is 101 Å². The average molecular weight is 238 g/mol. The molecule has 0 aliphatic heterocycles. The molecule has 94 valence electrons. The molecular formula is C13H19FN2O. The summed E-state index contributed by atoms with van der Waals surface area (Å²) in [7, 11) is 1.86. The molecule has 1 rings (SSSR count). The monoisotopic (exact) mass is 238 g/mol. The number of hydrogen-bond acceptors (Lipinski definition) is 2. The van der Waals surface area contributed by atoms with Crippen LogP contribution in [-0.4, -0.2) is 19.5 Å². The first-order valence-electron chi connectivity index (χ1n) is 5.80. The summed E-state index contributed by atoms with van der Waals surface area (Å²) in [5, 5.41) is 5.80. The lowest BCUT2D eigenvalue weighted by Crippen LogP contribution is -2.23. The number of benzene rings is 1. The van der Waals surface area contributed by atoms with Crippen molar-refractivity contribution >= 4 is 5.91 Å². The first-order chi connectivity index (χ1) is 8.13. The Hall–Kier alpha value is -1.42. The van der Waals surface area contributed by atoms with Gasteiger partial charge in [-0.2, -0.15) is 0 Å². The highest BCUT2D eigenvalue weighted by Gasteiger charge is 2.02. The zero-order chi connectivity index (χ0) is 12.7. The molecule has 1 amide bonds. The van der Waals surface area contributed by atoms with Gasteiger partial charge in [0.2, 0.25) is 5.91 Å². The minimum Gasteiger partial charge on any atom is -0.352 e. The standard InChI is InChI=1S/C13H19FN2O/c1-10-8-11(5-6-12(10)14)9-16-13(17)4-3-7-15-2/h5-6,8,15H,3-4,7,9H2,1-2H3,(H,16,17). The van der Waals surface area contributed by atoms with Gasteiger partial charge in [-0.05, 0) is 44.1 Å². The molecule has 0 fully saturated rings. The highest BCUT2D eigenvalue weighted by atomic mass is 19.1. The van der Waals surface area contributed by atoms with E-state index in [1.165, 1.54) is 6.07 Å². The summed E-state index contributed by atoms with van der Waals surface area (Å²) in [5.41, 5.74) is 1.53. The highest BCUT2D eigenvalue weighted by Crippen LogP contribution is 2.08. The third-order valence-corrected chi connectivity index (χ3v) is 2.54. The largest absolute Gasteiger partial charge is 0.352 e. The minimum absolute atomic E-state index is 0.0298. The summed E-state index contributed by atoms with van der Waals surface area (Å²) in [6.07, 6.45) is 1.34. The predicted molar refractivity (Wildman–Crippen MR) is 66.1 cm³/mol. The van der Waals surface area contributed by atoms with Crippen LogP contribution in [0, 0.1) is 12.7 Å². The number of hydrogen-bond donors (Lipinski definition) is 2. The van der Waals surface area contributed by atoms with Crippen molar-refractivity contribution in [3.63, 3.8) is 0 Å². The highest BCUT2D eigenvalue weighted by molar-refractivity contribution is 5.75. The molecule has 17 heavy (non-hydrogen) atoms. The number of amides is 1. The first kappa shape index (κ1) is 13.6. The molecule has 1 aromatic carbocycles. The molecule has 0 heterocycles. The van der Waals surface area contributed by atoms with E-state index in [1.807, 2.05) is 7.05 Å².